The Bertz CT molecular complexity index is 1690. The molecule has 488 valence electrons. The molecule has 0 aromatic carbocycles. The van der Waals surface area contributed by atoms with Crippen molar-refractivity contribution in [2.45, 2.75) is 328 Å². The molecule has 0 fully saturated rings. The molecule has 0 rings (SSSR count). The molecule has 10 heteroatoms. The Morgan fingerprint density at radius 2 is 0.679 bits per heavy atom. The summed E-state index contributed by atoms with van der Waals surface area (Å²) in [6, 6.07) is 0. The first-order chi connectivity index (χ1) is 41.0. The van der Waals surface area contributed by atoms with E-state index >= 15 is 0 Å². The molecule has 0 aliphatic carbocycles. The van der Waals surface area contributed by atoms with E-state index in [-0.39, 0.29) is 32.0 Å². The van der Waals surface area contributed by atoms with Crippen molar-refractivity contribution >= 4 is 19.8 Å². The molecule has 0 amide bonds. The van der Waals surface area contributed by atoms with Gasteiger partial charge in [0.1, 0.15) is 19.8 Å². The molecule has 0 saturated carbocycles. The molecular formula is C74H135NO8P+. The molecule has 9 nitrogen and oxygen atoms in total. The Balaban J connectivity index is 4.02. The van der Waals surface area contributed by atoms with E-state index in [9.17, 15) is 19.0 Å². The van der Waals surface area contributed by atoms with E-state index in [0.29, 0.717) is 17.4 Å². The number of ether oxygens (including phenoxy) is 2. The molecule has 1 N–H and O–H groups in total. The monoisotopic (exact) mass is 1200 g/mol. The van der Waals surface area contributed by atoms with E-state index < -0.39 is 26.5 Å². The number of rotatable bonds is 65. The molecule has 0 bridgehead atoms. The highest BCUT2D eigenvalue weighted by atomic mass is 31.2. The number of unbranched alkanes of at least 4 members (excludes halogenated alkanes) is 37. The van der Waals surface area contributed by atoms with Crippen LogP contribution < -0.4 is 0 Å². The lowest BCUT2D eigenvalue weighted by atomic mass is 10.0. The van der Waals surface area contributed by atoms with Crippen molar-refractivity contribution in [3.8, 4) is 0 Å². The Kier molecular flexibility index (Phi) is 62.5. The Hall–Kier alpha value is -2.81. The number of hydrogen-bond acceptors (Lipinski definition) is 7. The van der Waals surface area contributed by atoms with Gasteiger partial charge in [-0.3, -0.25) is 18.6 Å². The van der Waals surface area contributed by atoms with Gasteiger partial charge < -0.3 is 18.9 Å². The first kappa shape index (κ1) is 81.2. The van der Waals surface area contributed by atoms with E-state index in [2.05, 4.69) is 98.9 Å². The van der Waals surface area contributed by atoms with Crippen LogP contribution in [0.2, 0.25) is 0 Å². The molecule has 0 aliphatic rings. The molecular weight excluding hydrogens is 1060 g/mol. The number of hydrogen-bond donors (Lipinski definition) is 1. The molecule has 0 spiro atoms. The lowest BCUT2D eigenvalue weighted by molar-refractivity contribution is -0.870. The summed E-state index contributed by atoms with van der Waals surface area (Å²) in [7, 11) is 1.48. The van der Waals surface area contributed by atoms with Crippen molar-refractivity contribution in [2.75, 3.05) is 47.5 Å². The second-order valence-electron chi connectivity index (χ2n) is 24.9. The number of esters is 2. The second-order valence-corrected chi connectivity index (χ2v) is 26.3. The maximum Gasteiger partial charge on any atom is 0.472 e. The Labute approximate surface area is 520 Å². The normalized spacial score (nSPS) is 13.6. The Morgan fingerprint density at radius 1 is 0.381 bits per heavy atom. The van der Waals surface area contributed by atoms with Crippen LogP contribution in [-0.4, -0.2) is 74.9 Å². The van der Waals surface area contributed by atoms with Gasteiger partial charge >= 0.3 is 19.8 Å². The van der Waals surface area contributed by atoms with Gasteiger partial charge in [0.25, 0.3) is 0 Å². The summed E-state index contributed by atoms with van der Waals surface area (Å²) in [5.41, 5.74) is 0. The van der Waals surface area contributed by atoms with Gasteiger partial charge in [0.2, 0.25) is 0 Å². The molecule has 0 aromatic rings. The zero-order valence-electron chi connectivity index (χ0n) is 55.6. The van der Waals surface area contributed by atoms with Crippen LogP contribution in [0, 0.1) is 0 Å². The van der Waals surface area contributed by atoms with Gasteiger partial charge in [-0.05, 0) is 89.9 Å². The summed E-state index contributed by atoms with van der Waals surface area (Å²) in [6.45, 7) is 4.35. The number of phosphoric ester groups is 1. The molecule has 0 saturated heterocycles. The average Bonchev–Trinajstić information content (AvgIpc) is 3.61. The van der Waals surface area contributed by atoms with E-state index in [4.69, 9.17) is 18.5 Å². The number of quaternary nitrogens is 1. The largest absolute Gasteiger partial charge is 0.472 e. The van der Waals surface area contributed by atoms with Crippen LogP contribution in [0.4, 0.5) is 0 Å². The first-order valence-electron chi connectivity index (χ1n) is 35.3. The van der Waals surface area contributed by atoms with Crippen LogP contribution in [0.15, 0.2) is 85.1 Å². The van der Waals surface area contributed by atoms with Gasteiger partial charge in [-0.1, -0.05) is 304 Å². The van der Waals surface area contributed by atoms with E-state index in [1.54, 1.807) is 0 Å². The first-order valence-corrected chi connectivity index (χ1v) is 36.8. The van der Waals surface area contributed by atoms with Crippen LogP contribution in [0.3, 0.4) is 0 Å². The lowest BCUT2D eigenvalue weighted by Crippen LogP contribution is -2.37. The molecule has 84 heavy (non-hydrogen) atoms. The zero-order valence-corrected chi connectivity index (χ0v) is 56.5. The summed E-state index contributed by atoms with van der Waals surface area (Å²) in [6.07, 6.45) is 88.3. The minimum Gasteiger partial charge on any atom is -0.462 e. The molecule has 2 unspecified atom stereocenters. The minimum atomic E-state index is -4.39. The highest BCUT2D eigenvalue weighted by Gasteiger charge is 2.27. The van der Waals surface area contributed by atoms with Gasteiger partial charge in [0.05, 0.1) is 27.7 Å². The number of carbonyl (C=O) groups excluding carboxylic acids is 2. The van der Waals surface area contributed by atoms with E-state index in [0.717, 1.165) is 70.6 Å². The smallest absolute Gasteiger partial charge is 0.462 e. The third kappa shape index (κ3) is 68.3. The maximum absolute atomic E-state index is 12.9. The number of likely N-dealkylation sites (N-methyl/N-ethyl adjacent to an activating group) is 1. The van der Waals surface area contributed by atoms with Crippen molar-refractivity contribution in [3.63, 3.8) is 0 Å². The van der Waals surface area contributed by atoms with Crippen LogP contribution in [0.5, 0.6) is 0 Å². The Morgan fingerprint density at radius 3 is 1.01 bits per heavy atom. The van der Waals surface area contributed by atoms with Gasteiger partial charge in [-0.2, -0.15) is 0 Å². The maximum atomic E-state index is 12.9. The third-order valence-corrected chi connectivity index (χ3v) is 16.4. The molecule has 0 aliphatic heterocycles. The summed E-state index contributed by atoms with van der Waals surface area (Å²) in [5, 5.41) is 0. The van der Waals surface area contributed by atoms with Crippen molar-refractivity contribution < 1.29 is 42.1 Å². The molecule has 2 atom stereocenters. The number of carbonyl (C=O) groups is 2. The van der Waals surface area contributed by atoms with Crippen LogP contribution in [0.25, 0.3) is 0 Å². The number of phosphoric acid groups is 1. The fraction of sp³-hybridized carbons (Fsp3) is 0.784. The topological polar surface area (TPSA) is 108 Å². The van der Waals surface area contributed by atoms with Crippen molar-refractivity contribution in [3.05, 3.63) is 85.1 Å². The summed E-state index contributed by atoms with van der Waals surface area (Å²) < 4.78 is 34.7. The summed E-state index contributed by atoms with van der Waals surface area (Å²) >= 11 is 0. The van der Waals surface area contributed by atoms with Crippen LogP contribution in [0.1, 0.15) is 322 Å². The van der Waals surface area contributed by atoms with Gasteiger partial charge in [0, 0.05) is 12.8 Å². The van der Waals surface area contributed by atoms with Crippen molar-refractivity contribution in [2.24, 2.45) is 0 Å². The number of nitrogens with zero attached hydrogens (tertiary/aromatic N) is 1. The standard InChI is InChI=1S/C74H134NO8P/c1-6-8-10-12-14-16-18-20-22-24-26-28-30-32-34-35-36-37-38-39-41-43-45-47-49-51-53-55-57-59-61-63-65-67-74(77)83-72(71-82-84(78,79)81-69-68-75(3,4)5)70-80-73(76)66-64-62-60-58-56-54-52-50-48-46-44-42-40-33-31-29-27-25-23-21-19-17-15-13-11-9-7-2/h8,10,14,16,19-22,25-28,32,34,72H,6-7,9,11-13,15,17-18,23-24,29-31,33,35-71H2,1-5H3/p+1/b10-8-,16-14-,21-19-,22-20-,27-25-,28-26-,34-32-. The van der Waals surface area contributed by atoms with Crippen LogP contribution in [-0.2, 0) is 32.7 Å². The van der Waals surface area contributed by atoms with E-state index in [1.807, 2.05) is 21.1 Å². The molecule has 0 aromatic heterocycles. The highest BCUT2D eigenvalue weighted by molar-refractivity contribution is 7.47. The molecule has 0 heterocycles. The van der Waals surface area contributed by atoms with Gasteiger partial charge in [-0.25, -0.2) is 4.57 Å². The summed E-state index contributed by atoms with van der Waals surface area (Å²) in [5.74, 6) is -0.785. The second kappa shape index (κ2) is 64.7. The fourth-order valence-electron chi connectivity index (χ4n) is 10.0. The average molecular weight is 1200 g/mol. The molecule has 0 radical (unpaired) electrons. The van der Waals surface area contributed by atoms with Crippen LogP contribution >= 0.6 is 7.82 Å². The van der Waals surface area contributed by atoms with Crippen molar-refractivity contribution in [1.82, 2.24) is 0 Å². The fourth-order valence-corrected chi connectivity index (χ4v) is 10.8. The lowest BCUT2D eigenvalue weighted by Gasteiger charge is -2.24. The minimum absolute atomic E-state index is 0.0310. The quantitative estimate of drug-likeness (QED) is 0.0211. The van der Waals surface area contributed by atoms with Crippen molar-refractivity contribution in [1.29, 1.82) is 0 Å². The highest BCUT2D eigenvalue weighted by Crippen LogP contribution is 2.43. The number of allylic oxidation sites excluding steroid dienone is 14. The van der Waals surface area contributed by atoms with Gasteiger partial charge in [0.15, 0.2) is 6.10 Å². The predicted molar refractivity (Wildman–Crippen MR) is 362 cm³/mol. The van der Waals surface area contributed by atoms with Gasteiger partial charge in [-0.15, -0.1) is 0 Å². The SMILES string of the molecule is CC/C=C\C/C=C\C/C=C\C/C=C\C/C=C\CCCCCCCCCCCCCCCCCCCC(=O)OC(COC(=O)CCCCCCCCCCCCCCCCC/C=C\C/C=C\CCCCCCC)COP(=O)(O)OCC[N+](C)(C)C. The summed E-state index contributed by atoms with van der Waals surface area (Å²) in [4.78, 5) is 35.9. The zero-order chi connectivity index (χ0) is 61.2. The predicted octanol–water partition coefficient (Wildman–Crippen LogP) is 22.9. The third-order valence-electron chi connectivity index (χ3n) is 15.4. The van der Waals surface area contributed by atoms with E-state index in [1.165, 1.54) is 218 Å².